The van der Waals surface area contributed by atoms with Crippen LogP contribution in [0, 0.1) is 5.92 Å². The molecule has 1 saturated carbocycles. The molecule has 2 aromatic rings. The number of ether oxygens (including phenoxy) is 1. The van der Waals surface area contributed by atoms with Crippen LogP contribution in [-0.4, -0.2) is 13.0 Å². The van der Waals surface area contributed by atoms with E-state index < -0.39 is 0 Å². The summed E-state index contributed by atoms with van der Waals surface area (Å²) < 4.78 is 5.18. The van der Waals surface area contributed by atoms with E-state index in [1.54, 1.807) is 7.11 Å². The van der Waals surface area contributed by atoms with Gasteiger partial charge in [0.15, 0.2) is 0 Å². The SMILES string of the molecule is COc1ccc([C@@H](NC(=O)c2cccs2)C2CC2)cc1. The van der Waals surface area contributed by atoms with Crippen molar-refractivity contribution in [1.29, 1.82) is 0 Å². The molecule has 20 heavy (non-hydrogen) atoms. The molecule has 3 rings (SSSR count). The number of carbonyl (C=O) groups excluding carboxylic acids is 1. The molecule has 1 atom stereocenters. The molecule has 1 N–H and O–H groups in total. The lowest BCUT2D eigenvalue weighted by Gasteiger charge is -2.18. The van der Waals surface area contributed by atoms with Crippen molar-refractivity contribution in [3.05, 3.63) is 52.2 Å². The summed E-state index contributed by atoms with van der Waals surface area (Å²) in [6.07, 6.45) is 2.36. The Morgan fingerprint density at radius 2 is 2.05 bits per heavy atom. The minimum atomic E-state index is 0.0210. The number of thiophene rings is 1. The number of rotatable bonds is 5. The van der Waals surface area contributed by atoms with Gasteiger partial charge >= 0.3 is 0 Å². The highest BCUT2D eigenvalue weighted by Gasteiger charge is 2.33. The van der Waals surface area contributed by atoms with Gasteiger partial charge in [-0.15, -0.1) is 11.3 Å². The van der Waals surface area contributed by atoms with Crippen molar-refractivity contribution in [1.82, 2.24) is 5.32 Å². The Bertz CT molecular complexity index is 573. The van der Waals surface area contributed by atoms with Gasteiger partial charge < -0.3 is 10.1 Å². The van der Waals surface area contributed by atoms with Crippen LogP contribution in [0.25, 0.3) is 0 Å². The molecule has 0 spiro atoms. The zero-order valence-corrected chi connectivity index (χ0v) is 12.2. The van der Waals surface area contributed by atoms with Gasteiger partial charge in [0.1, 0.15) is 5.75 Å². The maximum Gasteiger partial charge on any atom is 0.261 e. The van der Waals surface area contributed by atoms with Crippen molar-refractivity contribution in [2.45, 2.75) is 18.9 Å². The first-order valence-electron chi connectivity index (χ1n) is 6.76. The molecule has 1 fully saturated rings. The van der Waals surface area contributed by atoms with Crippen LogP contribution in [-0.2, 0) is 0 Å². The predicted molar refractivity (Wildman–Crippen MR) is 80.2 cm³/mol. The van der Waals surface area contributed by atoms with Gasteiger partial charge in [0.25, 0.3) is 5.91 Å². The fraction of sp³-hybridized carbons (Fsp3) is 0.312. The second-order valence-corrected chi connectivity index (χ2v) is 5.99. The lowest BCUT2D eigenvalue weighted by Crippen LogP contribution is -2.29. The third-order valence-corrected chi connectivity index (χ3v) is 4.47. The lowest BCUT2D eigenvalue weighted by atomic mass is 10.0. The maximum atomic E-state index is 12.2. The summed E-state index contributed by atoms with van der Waals surface area (Å²) >= 11 is 1.47. The summed E-state index contributed by atoms with van der Waals surface area (Å²) in [5.41, 5.74) is 1.15. The number of methoxy groups -OCH3 is 1. The molecular formula is C16H17NO2S. The number of hydrogen-bond donors (Lipinski definition) is 1. The maximum absolute atomic E-state index is 12.2. The van der Waals surface area contributed by atoms with Gasteiger partial charge in [-0.05, 0) is 47.9 Å². The van der Waals surface area contributed by atoms with E-state index >= 15 is 0 Å². The van der Waals surface area contributed by atoms with E-state index in [1.165, 1.54) is 24.2 Å². The third-order valence-electron chi connectivity index (χ3n) is 3.60. The summed E-state index contributed by atoms with van der Waals surface area (Å²) in [6.45, 7) is 0. The van der Waals surface area contributed by atoms with E-state index in [4.69, 9.17) is 4.74 Å². The number of amides is 1. The molecule has 1 aromatic carbocycles. The van der Waals surface area contributed by atoms with Crippen LogP contribution in [0.4, 0.5) is 0 Å². The van der Waals surface area contributed by atoms with E-state index in [-0.39, 0.29) is 11.9 Å². The van der Waals surface area contributed by atoms with Gasteiger partial charge in [0.2, 0.25) is 0 Å². The van der Waals surface area contributed by atoms with E-state index in [0.717, 1.165) is 16.2 Å². The molecule has 1 aromatic heterocycles. The largest absolute Gasteiger partial charge is 0.497 e. The Balaban J connectivity index is 1.76. The van der Waals surface area contributed by atoms with Crippen LogP contribution in [0.15, 0.2) is 41.8 Å². The lowest BCUT2D eigenvalue weighted by molar-refractivity contribution is 0.0936. The Kier molecular flexibility index (Phi) is 3.74. The monoisotopic (exact) mass is 287 g/mol. The summed E-state index contributed by atoms with van der Waals surface area (Å²) in [6, 6.07) is 11.8. The van der Waals surface area contributed by atoms with Gasteiger partial charge in [-0.2, -0.15) is 0 Å². The zero-order valence-electron chi connectivity index (χ0n) is 11.3. The molecule has 0 bridgehead atoms. The van der Waals surface area contributed by atoms with E-state index in [9.17, 15) is 4.79 Å². The second kappa shape index (κ2) is 5.67. The van der Waals surface area contributed by atoms with Crippen molar-refractivity contribution < 1.29 is 9.53 Å². The molecule has 0 aliphatic heterocycles. The molecule has 104 valence electrons. The average Bonchev–Trinajstić information content (AvgIpc) is 3.17. The molecule has 0 radical (unpaired) electrons. The quantitative estimate of drug-likeness (QED) is 0.911. The fourth-order valence-electron chi connectivity index (χ4n) is 2.33. The number of benzene rings is 1. The molecule has 3 nitrogen and oxygen atoms in total. The first-order chi connectivity index (χ1) is 9.78. The summed E-state index contributed by atoms with van der Waals surface area (Å²) in [5, 5.41) is 5.09. The van der Waals surface area contributed by atoms with Crippen molar-refractivity contribution in [3.8, 4) is 5.75 Å². The molecule has 1 aliphatic rings. The summed E-state index contributed by atoms with van der Waals surface area (Å²) in [5.74, 6) is 1.42. The molecule has 1 aliphatic carbocycles. The van der Waals surface area contributed by atoms with Crippen LogP contribution in [0.1, 0.15) is 34.1 Å². The van der Waals surface area contributed by atoms with Crippen molar-refractivity contribution in [3.63, 3.8) is 0 Å². The first-order valence-corrected chi connectivity index (χ1v) is 7.64. The summed E-state index contributed by atoms with van der Waals surface area (Å²) in [4.78, 5) is 13.0. The standard InChI is InChI=1S/C16H17NO2S/c1-19-13-8-6-12(7-9-13)15(11-4-5-11)17-16(18)14-3-2-10-20-14/h2-3,6-11,15H,4-5H2,1H3,(H,17,18)/t15-/m0/s1. The highest BCUT2D eigenvalue weighted by atomic mass is 32.1. The van der Waals surface area contributed by atoms with Gasteiger partial charge in [-0.3, -0.25) is 4.79 Å². The smallest absolute Gasteiger partial charge is 0.261 e. The number of carbonyl (C=O) groups is 1. The van der Waals surface area contributed by atoms with E-state index in [1.807, 2.05) is 41.8 Å². The van der Waals surface area contributed by atoms with Crippen molar-refractivity contribution in [2.75, 3.05) is 7.11 Å². The van der Waals surface area contributed by atoms with E-state index in [0.29, 0.717) is 5.92 Å². The van der Waals surface area contributed by atoms with Gasteiger partial charge in [-0.25, -0.2) is 0 Å². The Hall–Kier alpha value is -1.81. The summed E-state index contributed by atoms with van der Waals surface area (Å²) in [7, 11) is 1.66. The Morgan fingerprint density at radius 3 is 2.60 bits per heavy atom. The third kappa shape index (κ3) is 2.85. The molecule has 0 unspecified atom stereocenters. The zero-order chi connectivity index (χ0) is 13.9. The predicted octanol–water partition coefficient (Wildman–Crippen LogP) is 3.64. The normalized spacial score (nSPS) is 15.7. The molecule has 1 heterocycles. The number of nitrogens with one attached hydrogen (secondary N) is 1. The average molecular weight is 287 g/mol. The molecule has 4 heteroatoms. The van der Waals surface area contributed by atoms with Crippen molar-refractivity contribution >= 4 is 17.2 Å². The van der Waals surface area contributed by atoms with Crippen LogP contribution >= 0.6 is 11.3 Å². The molecule has 0 saturated heterocycles. The molecular weight excluding hydrogens is 270 g/mol. The van der Waals surface area contributed by atoms with Crippen molar-refractivity contribution in [2.24, 2.45) is 5.92 Å². The highest BCUT2D eigenvalue weighted by Crippen LogP contribution is 2.41. The van der Waals surface area contributed by atoms with Crippen LogP contribution < -0.4 is 10.1 Å². The van der Waals surface area contributed by atoms with Crippen LogP contribution in [0.5, 0.6) is 5.75 Å². The van der Waals surface area contributed by atoms with E-state index in [2.05, 4.69) is 5.32 Å². The van der Waals surface area contributed by atoms with Crippen LogP contribution in [0.3, 0.4) is 0 Å². The minimum absolute atomic E-state index is 0.0210. The molecule has 1 amide bonds. The topological polar surface area (TPSA) is 38.3 Å². The Morgan fingerprint density at radius 1 is 1.30 bits per heavy atom. The minimum Gasteiger partial charge on any atom is -0.497 e. The second-order valence-electron chi connectivity index (χ2n) is 5.04. The van der Waals surface area contributed by atoms with Gasteiger partial charge in [0.05, 0.1) is 18.0 Å². The number of hydrogen-bond acceptors (Lipinski definition) is 3. The Labute approximate surface area is 122 Å². The first kappa shape index (κ1) is 13.2. The highest BCUT2D eigenvalue weighted by molar-refractivity contribution is 7.12. The van der Waals surface area contributed by atoms with Crippen LogP contribution in [0.2, 0.25) is 0 Å². The van der Waals surface area contributed by atoms with Gasteiger partial charge in [-0.1, -0.05) is 18.2 Å². The fourth-order valence-corrected chi connectivity index (χ4v) is 2.96. The van der Waals surface area contributed by atoms with Gasteiger partial charge in [0, 0.05) is 0 Å².